The number of rotatable bonds is 3. The van der Waals surface area contributed by atoms with E-state index in [2.05, 4.69) is 4.98 Å². The summed E-state index contributed by atoms with van der Waals surface area (Å²) < 4.78 is 55.4. The predicted molar refractivity (Wildman–Crippen MR) is 65.6 cm³/mol. The maximum absolute atomic E-state index is 13.5. The van der Waals surface area contributed by atoms with Crippen LogP contribution in [0.5, 0.6) is 5.75 Å². The summed E-state index contributed by atoms with van der Waals surface area (Å²) in [5.74, 6) is -1.45. The van der Waals surface area contributed by atoms with E-state index in [0.717, 1.165) is 18.2 Å². The minimum absolute atomic E-state index is 0.0273. The van der Waals surface area contributed by atoms with Gasteiger partial charge in [0.25, 0.3) is 0 Å². The molecule has 1 aromatic carbocycles. The minimum atomic E-state index is -4.53. The van der Waals surface area contributed by atoms with E-state index in [1.807, 2.05) is 0 Å². The summed E-state index contributed by atoms with van der Waals surface area (Å²) in [6.45, 7) is 0. The molecule has 0 radical (unpaired) electrons. The lowest BCUT2D eigenvalue weighted by Gasteiger charge is -2.07. The Morgan fingerprint density at radius 3 is 2.38 bits per heavy atom. The van der Waals surface area contributed by atoms with Crippen molar-refractivity contribution in [1.82, 2.24) is 4.98 Å². The lowest BCUT2D eigenvalue weighted by atomic mass is 10.1. The number of methoxy groups -OCH3 is 1. The number of pyridine rings is 1. The van der Waals surface area contributed by atoms with Gasteiger partial charge in [-0.25, -0.2) is 4.39 Å². The molecule has 0 saturated heterocycles. The van der Waals surface area contributed by atoms with Crippen LogP contribution in [0.2, 0.25) is 0 Å². The van der Waals surface area contributed by atoms with Gasteiger partial charge in [-0.3, -0.25) is 9.78 Å². The van der Waals surface area contributed by atoms with Crippen LogP contribution < -0.4 is 4.74 Å². The van der Waals surface area contributed by atoms with E-state index >= 15 is 0 Å². The molecular formula is C14H9F4NO2. The number of carbonyl (C=O) groups is 1. The predicted octanol–water partition coefficient (Wildman–Crippen LogP) is 3.48. The van der Waals surface area contributed by atoms with Crippen LogP contribution in [0.25, 0.3) is 0 Å². The third kappa shape index (κ3) is 3.18. The number of ether oxygens (including phenoxy) is 1. The number of benzene rings is 1. The van der Waals surface area contributed by atoms with Crippen molar-refractivity contribution in [2.75, 3.05) is 7.11 Å². The summed E-state index contributed by atoms with van der Waals surface area (Å²) in [6.07, 6.45) is -3.96. The Hall–Kier alpha value is -2.44. The summed E-state index contributed by atoms with van der Waals surface area (Å²) >= 11 is 0. The van der Waals surface area contributed by atoms with Crippen LogP contribution in [-0.2, 0) is 6.18 Å². The molecule has 2 aromatic rings. The fourth-order valence-electron chi connectivity index (χ4n) is 1.65. The van der Waals surface area contributed by atoms with Gasteiger partial charge in [0.1, 0.15) is 5.69 Å². The second-order valence-corrected chi connectivity index (χ2v) is 4.11. The SMILES string of the molecule is COc1ccc(C(=O)c2ccc(C(F)(F)F)cn2)cc1F. The molecule has 0 amide bonds. The van der Waals surface area contributed by atoms with Crippen molar-refractivity contribution in [2.45, 2.75) is 6.18 Å². The first-order chi connectivity index (χ1) is 9.82. The maximum Gasteiger partial charge on any atom is 0.417 e. The van der Waals surface area contributed by atoms with E-state index in [9.17, 15) is 22.4 Å². The van der Waals surface area contributed by atoms with E-state index in [0.29, 0.717) is 6.20 Å². The van der Waals surface area contributed by atoms with E-state index in [1.165, 1.54) is 19.2 Å². The molecular weight excluding hydrogens is 290 g/mol. The van der Waals surface area contributed by atoms with Gasteiger partial charge in [-0.1, -0.05) is 0 Å². The second kappa shape index (κ2) is 5.51. The number of ketones is 1. The third-order valence-electron chi connectivity index (χ3n) is 2.74. The van der Waals surface area contributed by atoms with Crippen LogP contribution in [-0.4, -0.2) is 17.9 Å². The van der Waals surface area contributed by atoms with Crippen LogP contribution in [0.15, 0.2) is 36.5 Å². The lowest BCUT2D eigenvalue weighted by molar-refractivity contribution is -0.137. The number of hydrogen-bond acceptors (Lipinski definition) is 3. The summed E-state index contributed by atoms with van der Waals surface area (Å²) in [5.41, 5.74) is -1.19. The fraction of sp³-hybridized carbons (Fsp3) is 0.143. The molecule has 0 aliphatic carbocycles. The van der Waals surface area contributed by atoms with Crippen molar-refractivity contribution < 1.29 is 27.1 Å². The van der Waals surface area contributed by atoms with Gasteiger partial charge >= 0.3 is 6.18 Å². The van der Waals surface area contributed by atoms with Crippen LogP contribution in [0.4, 0.5) is 17.6 Å². The van der Waals surface area contributed by atoms with Crippen molar-refractivity contribution in [3.63, 3.8) is 0 Å². The van der Waals surface area contributed by atoms with E-state index in [4.69, 9.17) is 4.74 Å². The van der Waals surface area contributed by atoms with Gasteiger partial charge < -0.3 is 4.74 Å². The third-order valence-corrected chi connectivity index (χ3v) is 2.74. The Balaban J connectivity index is 2.30. The number of nitrogens with zero attached hydrogens (tertiary/aromatic N) is 1. The molecule has 0 spiro atoms. The van der Waals surface area contributed by atoms with E-state index in [1.54, 1.807) is 0 Å². The van der Waals surface area contributed by atoms with Crippen molar-refractivity contribution in [3.8, 4) is 5.75 Å². The number of carbonyl (C=O) groups excluding carboxylic acids is 1. The van der Waals surface area contributed by atoms with Crippen molar-refractivity contribution in [1.29, 1.82) is 0 Å². The molecule has 0 aliphatic heterocycles. The number of alkyl halides is 3. The molecule has 0 bridgehead atoms. The first kappa shape index (κ1) is 15.0. The molecule has 0 fully saturated rings. The summed E-state index contributed by atoms with van der Waals surface area (Å²) in [7, 11) is 1.28. The first-order valence-corrected chi connectivity index (χ1v) is 5.74. The van der Waals surface area contributed by atoms with E-state index < -0.39 is 23.3 Å². The average Bonchev–Trinajstić information content (AvgIpc) is 2.45. The van der Waals surface area contributed by atoms with Crippen LogP contribution >= 0.6 is 0 Å². The zero-order valence-corrected chi connectivity index (χ0v) is 10.7. The molecule has 0 saturated carbocycles. The van der Waals surface area contributed by atoms with Crippen molar-refractivity contribution in [3.05, 3.63) is 59.2 Å². The molecule has 3 nitrogen and oxygen atoms in total. The molecule has 1 aromatic heterocycles. The zero-order chi connectivity index (χ0) is 15.6. The quantitative estimate of drug-likeness (QED) is 0.643. The average molecular weight is 299 g/mol. The van der Waals surface area contributed by atoms with Gasteiger partial charge in [0.2, 0.25) is 5.78 Å². The highest BCUT2D eigenvalue weighted by Crippen LogP contribution is 2.28. The number of aromatic nitrogens is 1. The van der Waals surface area contributed by atoms with Crippen LogP contribution in [0.3, 0.4) is 0 Å². The molecule has 0 N–H and O–H groups in total. The standard InChI is InChI=1S/C14H9F4NO2/c1-21-12-5-2-8(6-10(12)15)13(20)11-4-3-9(7-19-11)14(16,17)18/h2-7H,1H3. The maximum atomic E-state index is 13.5. The Kier molecular flexibility index (Phi) is 3.93. The van der Waals surface area contributed by atoms with Crippen molar-refractivity contribution in [2.24, 2.45) is 0 Å². The molecule has 21 heavy (non-hydrogen) atoms. The summed E-state index contributed by atoms with van der Waals surface area (Å²) in [6, 6.07) is 5.21. The Labute approximate surface area is 117 Å². The molecule has 0 aliphatic rings. The fourth-order valence-corrected chi connectivity index (χ4v) is 1.65. The highest BCUT2D eigenvalue weighted by atomic mass is 19.4. The highest BCUT2D eigenvalue weighted by molar-refractivity contribution is 6.07. The summed E-state index contributed by atoms with van der Waals surface area (Å²) in [5, 5.41) is 0. The Morgan fingerprint density at radius 1 is 1.19 bits per heavy atom. The lowest BCUT2D eigenvalue weighted by Crippen LogP contribution is -2.09. The molecule has 0 atom stereocenters. The number of halogens is 4. The van der Waals surface area contributed by atoms with Gasteiger partial charge in [-0.15, -0.1) is 0 Å². The minimum Gasteiger partial charge on any atom is -0.494 e. The second-order valence-electron chi connectivity index (χ2n) is 4.11. The highest BCUT2D eigenvalue weighted by Gasteiger charge is 2.31. The monoisotopic (exact) mass is 299 g/mol. The molecule has 0 unspecified atom stereocenters. The first-order valence-electron chi connectivity index (χ1n) is 5.74. The van der Waals surface area contributed by atoms with E-state index in [-0.39, 0.29) is 17.0 Å². The largest absolute Gasteiger partial charge is 0.494 e. The van der Waals surface area contributed by atoms with Crippen LogP contribution in [0.1, 0.15) is 21.6 Å². The van der Waals surface area contributed by atoms with Gasteiger partial charge in [0, 0.05) is 11.8 Å². The topological polar surface area (TPSA) is 39.2 Å². The van der Waals surface area contributed by atoms with Gasteiger partial charge in [-0.05, 0) is 30.3 Å². The van der Waals surface area contributed by atoms with Gasteiger partial charge in [0.05, 0.1) is 12.7 Å². The Bertz CT molecular complexity index is 666. The number of hydrogen-bond donors (Lipinski definition) is 0. The summed E-state index contributed by atoms with van der Waals surface area (Å²) in [4.78, 5) is 15.5. The normalized spacial score (nSPS) is 11.3. The Morgan fingerprint density at radius 2 is 1.90 bits per heavy atom. The van der Waals surface area contributed by atoms with Gasteiger partial charge in [-0.2, -0.15) is 13.2 Å². The molecule has 2 rings (SSSR count). The molecule has 110 valence electrons. The smallest absolute Gasteiger partial charge is 0.417 e. The van der Waals surface area contributed by atoms with Crippen molar-refractivity contribution >= 4 is 5.78 Å². The van der Waals surface area contributed by atoms with Crippen LogP contribution in [0, 0.1) is 5.82 Å². The molecule has 1 heterocycles. The zero-order valence-electron chi connectivity index (χ0n) is 10.7. The molecule has 7 heteroatoms. The van der Waals surface area contributed by atoms with Gasteiger partial charge in [0.15, 0.2) is 11.6 Å².